The first kappa shape index (κ1) is 29.1. The molecule has 0 unspecified atom stereocenters. The lowest BCUT2D eigenvalue weighted by Crippen LogP contribution is -2.31. The first-order chi connectivity index (χ1) is 20.2. The quantitative estimate of drug-likeness (QED) is 0.280. The Kier molecular flexibility index (Phi) is 8.48. The second kappa shape index (κ2) is 12.2. The van der Waals surface area contributed by atoms with Crippen LogP contribution in [-0.2, 0) is 15.8 Å². The highest BCUT2D eigenvalue weighted by Crippen LogP contribution is 2.37. The molecule has 1 aliphatic rings. The fourth-order valence-corrected chi connectivity index (χ4v) is 7.11. The van der Waals surface area contributed by atoms with Crippen molar-refractivity contribution < 1.29 is 18.3 Å². The molecular weight excluding hydrogens is 571 g/mol. The van der Waals surface area contributed by atoms with Crippen LogP contribution in [-0.4, -0.2) is 48.1 Å². The predicted octanol–water partition coefficient (Wildman–Crippen LogP) is 4.49. The molecule has 212 valence electrons. The van der Waals surface area contributed by atoms with Crippen LogP contribution in [0.1, 0.15) is 22.3 Å². The molecule has 1 aliphatic heterocycles. The Balaban J connectivity index is 1.36. The van der Waals surface area contributed by atoms with Crippen molar-refractivity contribution in [1.82, 2.24) is 9.29 Å². The van der Waals surface area contributed by atoms with E-state index < -0.39 is 22.2 Å². The van der Waals surface area contributed by atoms with Crippen molar-refractivity contribution in [2.45, 2.75) is 34.8 Å². The number of ether oxygens (including phenoxy) is 1. The normalized spacial score (nSPS) is 17.0. The Morgan fingerprint density at radius 1 is 1.00 bits per heavy atom. The van der Waals surface area contributed by atoms with Crippen molar-refractivity contribution in [3.05, 3.63) is 101 Å². The molecule has 1 aromatic heterocycles. The predicted molar refractivity (Wildman–Crippen MR) is 160 cm³/mol. The summed E-state index contributed by atoms with van der Waals surface area (Å²) in [6.45, 7) is 1.77. The van der Waals surface area contributed by atoms with Crippen molar-refractivity contribution >= 4 is 27.6 Å². The average Bonchev–Trinajstić information content (AvgIpc) is 3.37. The number of nitriles is 2. The zero-order chi connectivity index (χ0) is 29.9. The van der Waals surface area contributed by atoms with Crippen molar-refractivity contribution in [3.8, 4) is 29.0 Å². The number of aryl methyl sites for hydroxylation is 1. The molecule has 11 heteroatoms. The molecule has 3 N–H and O–H groups in total. The van der Waals surface area contributed by atoms with Gasteiger partial charge in [-0.15, -0.1) is 11.8 Å². The van der Waals surface area contributed by atoms with Crippen molar-refractivity contribution in [2.75, 3.05) is 18.8 Å². The van der Waals surface area contributed by atoms with Gasteiger partial charge in [-0.05, 0) is 42.3 Å². The number of aliphatic hydroxyl groups is 1. The van der Waals surface area contributed by atoms with Crippen LogP contribution in [0.15, 0.2) is 88.8 Å². The lowest BCUT2D eigenvalue weighted by atomic mass is 9.97. The number of nitrogens with zero attached hydrogens (tertiary/aromatic N) is 4. The van der Waals surface area contributed by atoms with E-state index in [9.17, 15) is 24.0 Å². The van der Waals surface area contributed by atoms with E-state index >= 15 is 0 Å². The van der Waals surface area contributed by atoms with Gasteiger partial charge in [0, 0.05) is 17.9 Å². The number of aromatic nitrogens is 1. The maximum atomic E-state index is 13.1. The van der Waals surface area contributed by atoms with E-state index in [-0.39, 0.29) is 34.9 Å². The SMILES string of the molecule is Cc1ccc(S(=O)(=O)N2C[C@@H](O)[C@H](Oc3ccc(-c4c(C#N)c(N)nc(SCc5ccccc5)c4C#N)cc3)C2)cc1. The third-order valence-electron chi connectivity index (χ3n) is 6.93. The highest BCUT2D eigenvalue weighted by molar-refractivity contribution is 7.98. The summed E-state index contributed by atoms with van der Waals surface area (Å²) in [7, 11) is -3.79. The number of hydrogen-bond acceptors (Lipinski definition) is 9. The number of hydrogen-bond donors (Lipinski definition) is 2. The summed E-state index contributed by atoms with van der Waals surface area (Å²) >= 11 is 1.36. The van der Waals surface area contributed by atoms with Gasteiger partial charge in [0.1, 0.15) is 46.5 Å². The van der Waals surface area contributed by atoms with Crippen LogP contribution in [0.25, 0.3) is 11.1 Å². The monoisotopic (exact) mass is 597 g/mol. The molecule has 0 spiro atoms. The Morgan fingerprint density at radius 3 is 2.31 bits per heavy atom. The molecule has 1 saturated heterocycles. The third kappa shape index (κ3) is 5.96. The number of β-amino-alcohol motifs (C(OH)–C–C–N with tert-alkyl or cyclic N) is 1. The Bertz CT molecular complexity index is 1780. The summed E-state index contributed by atoms with van der Waals surface area (Å²) in [5.74, 6) is 1.00. The van der Waals surface area contributed by atoms with Crippen LogP contribution in [0.2, 0.25) is 0 Å². The number of benzene rings is 3. The van der Waals surface area contributed by atoms with Gasteiger partial charge in [0.2, 0.25) is 10.0 Å². The van der Waals surface area contributed by atoms with E-state index in [0.29, 0.717) is 27.7 Å². The van der Waals surface area contributed by atoms with E-state index in [4.69, 9.17) is 10.5 Å². The lowest BCUT2D eigenvalue weighted by Gasteiger charge is -2.18. The van der Waals surface area contributed by atoms with Gasteiger partial charge in [-0.1, -0.05) is 60.2 Å². The largest absolute Gasteiger partial charge is 0.486 e. The molecule has 9 nitrogen and oxygen atoms in total. The highest BCUT2D eigenvalue weighted by Gasteiger charge is 2.40. The van der Waals surface area contributed by atoms with Gasteiger partial charge in [0.25, 0.3) is 0 Å². The summed E-state index contributed by atoms with van der Waals surface area (Å²) < 4.78 is 33.4. The maximum Gasteiger partial charge on any atom is 0.243 e. The molecule has 2 heterocycles. The minimum Gasteiger partial charge on any atom is -0.486 e. The molecule has 0 aliphatic carbocycles. The molecule has 3 aromatic carbocycles. The molecule has 0 saturated carbocycles. The molecular formula is C31H27N5O4S2. The zero-order valence-corrected chi connectivity index (χ0v) is 24.3. The van der Waals surface area contributed by atoms with Crippen molar-refractivity contribution in [1.29, 1.82) is 10.5 Å². The van der Waals surface area contributed by atoms with Gasteiger partial charge in [0.15, 0.2) is 0 Å². The molecule has 2 atom stereocenters. The molecule has 0 radical (unpaired) electrons. The Hall–Kier alpha value is -4.39. The standard InChI is InChI=1S/C31H27N5O4S2/c1-20-7-13-24(14-8-20)42(38,39)36-17-27(37)28(18-36)40-23-11-9-22(10-12-23)29-25(15-32)30(34)35-31(26(29)16-33)41-19-21-5-3-2-4-6-21/h2-14,27-28,37H,17-19H2,1H3,(H2,34,35)/t27-,28-/m1/s1. The number of aliphatic hydroxyl groups excluding tert-OH is 1. The first-order valence-electron chi connectivity index (χ1n) is 13.0. The minimum absolute atomic E-state index is 0.0147. The van der Waals surface area contributed by atoms with Crippen LogP contribution in [0.5, 0.6) is 5.75 Å². The topological polar surface area (TPSA) is 153 Å². The van der Waals surface area contributed by atoms with E-state index in [2.05, 4.69) is 17.1 Å². The molecule has 42 heavy (non-hydrogen) atoms. The van der Waals surface area contributed by atoms with E-state index in [1.165, 1.54) is 16.1 Å². The lowest BCUT2D eigenvalue weighted by molar-refractivity contribution is 0.0737. The summed E-state index contributed by atoms with van der Waals surface area (Å²) in [6.07, 6.45) is -1.80. The minimum atomic E-state index is -3.79. The van der Waals surface area contributed by atoms with Crippen LogP contribution < -0.4 is 10.5 Å². The van der Waals surface area contributed by atoms with Crippen LogP contribution in [0.3, 0.4) is 0 Å². The molecule has 1 fully saturated rings. The smallest absolute Gasteiger partial charge is 0.243 e. The van der Waals surface area contributed by atoms with Crippen LogP contribution in [0.4, 0.5) is 5.82 Å². The molecule has 5 rings (SSSR count). The summed E-state index contributed by atoms with van der Waals surface area (Å²) in [6, 6.07) is 27.3. The number of nitrogens with two attached hydrogens (primary N) is 1. The van der Waals surface area contributed by atoms with Gasteiger partial charge >= 0.3 is 0 Å². The number of anilines is 1. The molecule has 0 amide bonds. The molecule has 0 bridgehead atoms. The summed E-state index contributed by atoms with van der Waals surface area (Å²) in [5, 5.41) is 31.0. The van der Waals surface area contributed by atoms with Gasteiger partial charge in [-0.25, -0.2) is 13.4 Å². The Morgan fingerprint density at radius 2 is 1.67 bits per heavy atom. The van der Waals surface area contributed by atoms with E-state index in [1.807, 2.05) is 37.3 Å². The third-order valence-corrected chi connectivity index (χ3v) is 9.82. The second-order valence-electron chi connectivity index (χ2n) is 9.81. The summed E-state index contributed by atoms with van der Waals surface area (Å²) in [4.78, 5) is 4.51. The highest BCUT2D eigenvalue weighted by atomic mass is 32.2. The molecule has 4 aromatic rings. The number of pyridine rings is 1. The number of nitrogen functional groups attached to an aromatic ring is 1. The Labute approximate surface area is 248 Å². The number of sulfonamides is 1. The fraction of sp³-hybridized carbons (Fsp3) is 0.194. The second-order valence-corrected chi connectivity index (χ2v) is 12.7. The van der Waals surface area contributed by atoms with Crippen molar-refractivity contribution in [2.24, 2.45) is 0 Å². The maximum absolute atomic E-state index is 13.1. The fourth-order valence-electron chi connectivity index (χ4n) is 4.69. The summed E-state index contributed by atoms with van der Waals surface area (Å²) in [5.41, 5.74) is 9.45. The van der Waals surface area contributed by atoms with Crippen LogP contribution >= 0.6 is 11.8 Å². The van der Waals surface area contributed by atoms with Gasteiger partial charge < -0.3 is 15.6 Å². The first-order valence-corrected chi connectivity index (χ1v) is 15.5. The van der Waals surface area contributed by atoms with Crippen molar-refractivity contribution in [3.63, 3.8) is 0 Å². The average molecular weight is 598 g/mol. The van der Waals surface area contributed by atoms with E-state index in [1.54, 1.807) is 48.5 Å². The zero-order valence-electron chi connectivity index (χ0n) is 22.6. The number of thioether (sulfide) groups is 1. The van der Waals surface area contributed by atoms with Gasteiger partial charge in [0.05, 0.1) is 17.0 Å². The number of rotatable bonds is 8. The van der Waals surface area contributed by atoms with E-state index in [0.717, 1.165) is 11.1 Å². The van der Waals surface area contributed by atoms with Crippen LogP contribution in [0, 0.1) is 29.6 Å². The van der Waals surface area contributed by atoms with Gasteiger partial charge in [-0.3, -0.25) is 0 Å². The van der Waals surface area contributed by atoms with Gasteiger partial charge in [-0.2, -0.15) is 14.8 Å².